The van der Waals surface area contributed by atoms with Crippen LogP contribution in [0.15, 0.2) is 47.4 Å². The summed E-state index contributed by atoms with van der Waals surface area (Å²) in [6.45, 7) is 0. The zero-order chi connectivity index (χ0) is 14.8. The molecule has 2 nitrogen and oxygen atoms in total. The van der Waals surface area contributed by atoms with Crippen LogP contribution >= 0.6 is 11.8 Å². The van der Waals surface area contributed by atoms with Crippen molar-refractivity contribution in [2.45, 2.75) is 11.1 Å². The molecule has 2 aromatic carbocycles. The standard InChI is InChI=1S/C14H13F3N2S/c1-20-13-5-3-2-4-12(13)19-9-6-7-11(18)10(8-9)14(15,16)17/h2-8,19H,18H2,1H3. The summed E-state index contributed by atoms with van der Waals surface area (Å²) in [7, 11) is 0. The van der Waals surface area contributed by atoms with Crippen LogP contribution < -0.4 is 11.1 Å². The van der Waals surface area contributed by atoms with Crippen LogP contribution in [0.3, 0.4) is 0 Å². The molecule has 0 aromatic heterocycles. The fourth-order valence-corrected chi connectivity index (χ4v) is 2.34. The van der Waals surface area contributed by atoms with Gasteiger partial charge in [-0.1, -0.05) is 12.1 Å². The van der Waals surface area contributed by atoms with E-state index in [1.807, 2.05) is 30.5 Å². The number of nitrogen functional groups attached to an aromatic ring is 1. The van der Waals surface area contributed by atoms with Crippen LogP contribution in [0.5, 0.6) is 0 Å². The van der Waals surface area contributed by atoms with Gasteiger partial charge in [-0.25, -0.2) is 0 Å². The number of nitrogens with one attached hydrogen (secondary N) is 1. The zero-order valence-corrected chi connectivity index (χ0v) is 11.5. The molecule has 2 aromatic rings. The van der Waals surface area contributed by atoms with Crippen molar-refractivity contribution in [1.82, 2.24) is 0 Å². The number of benzene rings is 2. The molecule has 3 N–H and O–H groups in total. The van der Waals surface area contributed by atoms with Crippen LogP contribution in [0, 0.1) is 0 Å². The van der Waals surface area contributed by atoms with Crippen molar-refractivity contribution in [1.29, 1.82) is 0 Å². The predicted octanol–water partition coefficient (Wildman–Crippen LogP) is 4.75. The van der Waals surface area contributed by atoms with E-state index in [-0.39, 0.29) is 5.69 Å². The van der Waals surface area contributed by atoms with Crippen molar-refractivity contribution in [3.63, 3.8) is 0 Å². The van der Waals surface area contributed by atoms with Gasteiger partial charge in [0.15, 0.2) is 0 Å². The van der Waals surface area contributed by atoms with Gasteiger partial charge in [0.05, 0.1) is 11.3 Å². The van der Waals surface area contributed by atoms with Crippen molar-refractivity contribution >= 4 is 28.8 Å². The molecule has 0 bridgehead atoms. The van der Waals surface area contributed by atoms with E-state index in [2.05, 4.69) is 5.32 Å². The molecule has 0 fully saturated rings. The number of para-hydroxylation sites is 1. The molecule has 0 aliphatic heterocycles. The van der Waals surface area contributed by atoms with Crippen LogP contribution in [-0.2, 0) is 6.18 Å². The lowest BCUT2D eigenvalue weighted by molar-refractivity contribution is -0.136. The smallest absolute Gasteiger partial charge is 0.398 e. The lowest BCUT2D eigenvalue weighted by atomic mass is 10.1. The molecule has 2 rings (SSSR count). The largest absolute Gasteiger partial charge is 0.418 e. The maximum Gasteiger partial charge on any atom is 0.418 e. The zero-order valence-electron chi connectivity index (χ0n) is 10.7. The van der Waals surface area contributed by atoms with E-state index >= 15 is 0 Å². The van der Waals surface area contributed by atoms with Crippen molar-refractivity contribution in [2.75, 3.05) is 17.3 Å². The summed E-state index contributed by atoms with van der Waals surface area (Å²) in [6.07, 6.45) is -2.55. The first-order chi connectivity index (χ1) is 9.41. The number of nitrogens with two attached hydrogens (primary N) is 1. The third kappa shape index (κ3) is 3.19. The van der Waals surface area contributed by atoms with Gasteiger partial charge in [0, 0.05) is 16.3 Å². The molecule has 0 aliphatic carbocycles. The van der Waals surface area contributed by atoms with Crippen LogP contribution in [0.25, 0.3) is 0 Å². The average molecular weight is 298 g/mol. The Labute approximate surface area is 119 Å². The topological polar surface area (TPSA) is 38.0 Å². The normalized spacial score (nSPS) is 11.4. The lowest BCUT2D eigenvalue weighted by Crippen LogP contribution is -2.09. The summed E-state index contributed by atoms with van der Waals surface area (Å²) in [5.74, 6) is 0. The van der Waals surface area contributed by atoms with Gasteiger partial charge in [-0.2, -0.15) is 13.2 Å². The molecule has 0 heterocycles. The molecule has 0 amide bonds. The molecule has 20 heavy (non-hydrogen) atoms. The Bertz CT molecular complexity index is 612. The number of halogens is 3. The lowest BCUT2D eigenvalue weighted by Gasteiger charge is -2.14. The van der Waals surface area contributed by atoms with Crippen molar-refractivity contribution in [3.8, 4) is 0 Å². The third-order valence-electron chi connectivity index (χ3n) is 2.74. The molecule has 0 spiro atoms. The van der Waals surface area contributed by atoms with Crippen LogP contribution in [-0.4, -0.2) is 6.26 Å². The highest BCUT2D eigenvalue weighted by Gasteiger charge is 2.33. The number of alkyl halides is 3. The molecule has 0 radical (unpaired) electrons. The molecule has 0 unspecified atom stereocenters. The number of hydrogen-bond acceptors (Lipinski definition) is 3. The molecule has 0 aliphatic rings. The fraction of sp³-hybridized carbons (Fsp3) is 0.143. The summed E-state index contributed by atoms with van der Waals surface area (Å²) < 4.78 is 38.4. The minimum absolute atomic E-state index is 0.277. The second kappa shape index (κ2) is 5.66. The van der Waals surface area contributed by atoms with E-state index in [1.165, 1.54) is 23.9 Å². The number of rotatable bonds is 3. The Kier molecular flexibility index (Phi) is 4.13. The first-order valence-corrected chi connectivity index (χ1v) is 7.01. The number of hydrogen-bond donors (Lipinski definition) is 2. The molecular formula is C14H13F3N2S. The Balaban J connectivity index is 2.35. The van der Waals surface area contributed by atoms with Gasteiger partial charge in [-0.15, -0.1) is 11.8 Å². The van der Waals surface area contributed by atoms with Gasteiger partial charge in [-0.3, -0.25) is 0 Å². The second-order valence-electron chi connectivity index (χ2n) is 4.13. The highest BCUT2D eigenvalue weighted by Crippen LogP contribution is 2.36. The molecule has 0 atom stereocenters. The molecule has 106 valence electrons. The van der Waals surface area contributed by atoms with Gasteiger partial charge in [0.2, 0.25) is 0 Å². The van der Waals surface area contributed by atoms with Crippen molar-refractivity contribution < 1.29 is 13.2 Å². The SMILES string of the molecule is CSc1ccccc1Nc1ccc(N)c(C(F)(F)F)c1. The highest BCUT2D eigenvalue weighted by molar-refractivity contribution is 7.98. The molecular weight excluding hydrogens is 285 g/mol. The third-order valence-corrected chi connectivity index (χ3v) is 3.54. The fourth-order valence-electron chi connectivity index (χ4n) is 1.78. The molecule has 6 heteroatoms. The van der Waals surface area contributed by atoms with E-state index in [1.54, 1.807) is 0 Å². The Morgan fingerprint density at radius 2 is 1.80 bits per heavy atom. The van der Waals surface area contributed by atoms with E-state index < -0.39 is 11.7 Å². The van der Waals surface area contributed by atoms with Crippen molar-refractivity contribution in [3.05, 3.63) is 48.0 Å². The van der Waals surface area contributed by atoms with E-state index in [0.717, 1.165) is 16.6 Å². The second-order valence-corrected chi connectivity index (χ2v) is 4.97. The Morgan fingerprint density at radius 3 is 2.45 bits per heavy atom. The number of anilines is 3. The molecule has 0 saturated carbocycles. The van der Waals surface area contributed by atoms with Gasteiger partial charge in [-0.05, 0) is 36.6 Å². The first-order valence-electron chi connectivity index (χ1n) is 5.78. The Hall–Kier alpha value is -1.82. The maximum absolute atomic E-state index is 12.8. The minimum atomic E-state index is -4.46. The minimum Gasteiger partial charge on any atom is -0.398 e. The molecule has 0 saturated heterocycles. The van der Waals surface area contributed by atoms with Crippen molar-refractivity contribution in [2.24, 2.45) is 0 Å². The Morgan fingerprint density at radius 1 is 1.10 bits per heavy atom. The summed E-state index contributed by atoms with van der Waals surface area (Å²) in [4.78, 5) is 0.956. The highest BCUT2D eigenvalue weighted by atomic mass is 32.2. The van der Waals surface area contributed by atoms with Gasteiger partial charge in [0.1, 0.15) is 0 Å². The van der Waals surface area contributed by atoms with E-state index in [4.69, 9.17) is 5.73 Å². The van der Waals surface area contributed by atoms with Crippen LogP contribution in [0.4, 0.5) is 30.2 Å². The average Bonchev–Trinajstić information content (AvgIpc) is 2.40. The van der Waals surface area contributed by atoms with Crippen LogP contribution in [0.2, 0.25) is 0 Å². The quantitative estimate of drug-likeness (QED) is 0.634. The van der Waals surface area contributed by atoms with Gasteiger partial charge in [0.25, 0.3) is 0 Å². The summed E-state index contributed by atoms with van der Waals surface area (Å²) in [6, 6.07) is 11.2. The first kappa shape index (κ1) is 14.6. The van der Waals surface area contributed by atoms with E-state index in [0.29, 0.717) is 5.69 Å². The predicted molar refractivity (Wildman–Crippen MR) is 77.4 cm³/mol. The van der Waals surface area contributed by atoms with E-state index in [9.17, 15) is 13.2 Å². The number of thioether (sulfide) groups is 1. The summed E-state index contributed by atoms with van der Waals surface area (Å²) >= 11 is 1.52. The summed E-state index contributed by atoms with van der Waals surface area (Å²) in [5.41, 5.74) is 5.38. The van der Waals surface area contributed by atoms with Gasteiger partial charge < -0.3 is 11.1 Å². The van der Waals surface area contributed by atoms with Crippen LogP contribution in [0.1, 0.15) is 5.56 Å². The monoisotopic (exact) mass is 298 g/mol. The maximum atomic E-state index is 12.8. The van der Waals surface area contributed by atoms with Gasteiger partial charge >= 0.3 is 6.18 Å². The summed E-state index contributed by atoms with van der Waals surface area (Å²) in [5, 5.41) is 2.99.